The van der Waals surface area contributed by atoms with Crippen LogP contribution in [0.25, 0.3) is 11.0 Å². The lowest BCUT2D eigenvalue weighted by atomic mass is 10.2. The maximum Gasteiger partial charge on any atom is 0.210 e. The summed E-state index contributed by atoms with van der Waals surface area (Å²) in [4.78, 5) is 14.8. The topological polar surface area (TPSA) is 74.5 Å². The molecule has 0 saturated heterocycles. The summed E-state index contributed by atoms with van der Waals surface area (Å²) < 4.78 is 1.70. The fourth-order valence-electron chi connectivity index (χ4n) is 1.60. The molecule has 2 heterocycles. The highest BCUT2D eigenvalue weighted by Gasteiger charge is 2.11. The van der Waals surface area contributed by atoms with Gasteiger partial charge < -0.3 is 4.98 Å². The number of hydrogen-bond acceptors (Lipinski definition) is 3. The van der Waals surface area contributed by atoms with Crippen LogP contribution in [0.3, 0.4) is 0 Å². The van der Waals surface area contributed by atoms with Crippen molar-refractivity contribution in [1.29, 1.82) is 5.26 Å². The summed E-state index contributed by atoms with van der Waals surface area (Å²) in [5.41, 5.74) is 1.19. The first-order valence-corrected chi connectivity index (χ1v) is 4.67. The average molecular weight is 202 g/mol. The molecule has 0 fully saturated rings. The molecule has 0 aromatic carbocycles. The first-order chi connectivity index (χ1) is 7.19. The minimum Gasteiger partial charge on any atom is -0.342 e. The highest BCUT2D eigenvalue weighted by Crippen LogP contribution is 2.09. The molecule has 0 aliphatic carbocycles. The van der Waals surface area contributed by atoms with Gasteiger partial charge in [-0.05, 0) is 13.8 Å². The van der Waals surface area contributed by atoms with Crippen LogP contribution in [0.2, 0.25) is 0 Å². The molecule has 2 rings (SSSR count). The minimum absolute atomic E-state index is 0.165. The molecule has 5 heteroatoms. The van der Waals surface area contributed by atoms with Gasteiger partial charge in [-0.15, -0.1) is 0 Å². The standard InChI is InChI=1S/C10H10N4O/c1-3-14-10-8(5-12-14)9(15)7(4-11)6(2)13-10/h5H,3H2,1-2H3,(H,13,15). The van der Waals surface area contributed by atoms with Crippen molar-refractivity contribution in [2.45, 2.75) is 20.4 Å². The smallest absolute Gasteiger partial charge is 0.210 e. The highest BCUT2D eigenvalue weighted by atomic mass is 16.1. The molecule has 0 aliphatic rings. The van der Waals surface area contributed by atoms with Crippen LogP contribution in [0.1, 0.15) is 18.2 Å². The first kappa shape index (κ1) is 9.46. The third-order valence-corrected chi connectivity index (χ3v) is 2.40. The van der Waals surface area contributed by atoms with Crippen LogP contribution in [0, 0.1) is 18.3 Å². The van der Waals surface area contributed by atoms with Gasteiger partial charge in [0.05, 0.1) is 11.6 Å². The second-order valence-corrected chi connectivity index (χ2v) is 3.29. The quantitative estimate of drug-likeness (QED) is 0.747. The highest BCUT2D eigenvalue weighted by molar-refractivity contribution is 5.76. The average Bonchev–Trinajstić information content (AvgIpc) is 2.61. The number of pyridine rings is 1. The summed E-state index contributed by atoms with van der Waals surface area (Å²) in [5, 5.41) is 13.4. The Labute approximate surface area is 86.0 Å². The second kappa shape index (κ2) is 3.24. The number of rotatable bonds is 1. The van der Waals surface area contributed by atoms with Gasteiger partial charge in [0.15, 0.2) is 0 Å². The Bertz CT molecular complexity index is 615. The van der Waals surface area contributed by atoms with Gasteiger partial charge in [0.25, 0.3) is 0 Å². The van der Waals surface area contributed by atoms with E-state index in [1.807, 2.05) is 13.0 Å². The normalized spacial score (nSPS) is 10.5. The van der Waals surface area contributed by atoms with Crippen LogP contribution in [-0.4, -0.2) is 14.8 Å². The van der Waals surface area contributed by atoms with Crippen LogP contribution in [-0.2, 0) is 6.54 Å². The molecule has 2 aromatic heterocycles. The molecular weight excluding hydrogens is 192 g/mol. The molecule has 5 nitrogen and oxygen atoms in total. The van der Waals surface area contributed by atoms with Crippen molar-refractivity contribution in [3.05, 3.63) is 27.7 Å². The lowest BCUT2D eigenvalue weighted by Crippen LogP contribution is -2.10. The fraction of sp³-hybridized carbons (Fsp3) is 0.300. The van der Waals surface area contributed by atoms with Crippen molar-refractivity contribution in [3.8, 4) is 6.07 Å². The summed E-state index contributed by atoms with van der Waals surface area (Å²) in [5.74, 6) is 0. The summed E-state index contributed by atoms with van der Waals surface area (Å²) in [6.07, 6.45) is 1.50. The molecule has 76 valence electrons. The van der Waals surface area contributed by atoms with Gasteiger partial charge in [-0.25, -0.2) is 4.68 Å². The van der Waals surface area contributed by atoms with Crippen LogP contribution in [0.5, 0.6) is 0 Å². The van der Waals surface area contributed by atoms with Gasteiger partial charge in [0, 0.05) is 12.2 Å². The van der Waals surface area contributed by atoms with E-state index in [4.69, 9.17) is 5.26 Å². The van der Waals surface area contributed by atoms with Crippen molar-refractivity contribution < 1.29 is 0 Å². The van der Waals surface area contributed by atoms with Gasteiger partial charge in [0.1, 0.15) is 17.3 Å². The fourth-order valence-corrected chi connectivity index (χ4v) is 1.60. The van der Waals surface area contributed by atoms with E-state index in [0.717, 1.165) is 0 Å². The Morgan fingerprint density at radius 3 is 3.00 bits per heavy atom. The van der Waals surface area contributed by atoms with Crippen LogP contribution < -0.4 is 5.43 Å². The molecule has 0 bridgehead atoms. The molecule has 15 heavy (non-hydrogen) atoms. The zero-order valence-electron chi connectivity index (χ0n) is 8.53. The first-order valence-electron chi connectivity index (χ1n) is 4.67. The summed E-state index contributed by atoms with van der Waals surface area (Å²) in [6.45, 7) is 4.34. The molecule has 0 saturated carbocycles. The van der Waals surface area contributed by atoms with Crippen molar-refractivity contribution in [3.63, 3.8) is 0 Å². The number of hydrogen-bond donors (Lipinski definition) is 1. The number of aromatic nitrogens is 3. The van der Waals surface area contributed by atoms with Crippen molar-refractivity contribution in [2.75, 3.05) is 0 Å². The van der Waals surface area contributed by atoms with E-state index in [2.05, 4.69) is 10.1 Å². The zero-order valence-corrected chi connectivity index (χ0v) is 8.53. The monoisotopic (exact) mass is 202 g/mol. The Morgan fingerprint density at radius 1 is 1.67 bits per heavy atom. The number of nitrogens with zero attached hydrogens (tertiary/aromatic N) is 3. The van der Waals surface area contributed by atoms with Crippen LogP contribution in [0.4, 0.5) is 0 Å². The molecular formula is C10H10N4O. The van der Waals surface area contributed by atoms with E-state index >= 15 is 0 Å². The minimum atomic E-state index is -0.247. The Balaban J connectivity index is 2.95. The molecule has 0 amide bonds. The summed E-state index contributed by atoms with van der Waals surface area (Å²) in [7, 11) is 0. The van der Waals surface area contributed by atoms with Crippen LogP contribution in [0.15, 0.2) is 11.0 Å². The van der Waals surface area contributed by atoms with Crippen LogP contribution >= 0.6 is 0 Å². The van der Waals surface area contributed by atoms with E-state index in [1.54, 1.807) is 11.6 Å². The zero-order chi connectivity index (χ0) is 11.0. The van der Waals surface area contributed by atoms with Gasteiger partial charge in [-0.3, -0.25) is 4.79 Å². The number of nitriles is 1. The number of H-pyrrole nitrogens is 1. The second-order valence-electron chi connectivity index (χ2n) is 3.29. The Kier molecular flexibility index (Phi) is 2.05. The maximum absolute atomic E-state index is 11.8. The van der Waals surface area contributed by atoms with Crippen molar-refractivity contribution in [2.24, 2.45) is 0 Å². The summed E-state index contributed by atoms with van der Waals surface area (Å²) in [6, 6.07) is 1.90. The third-order valence-electron chi connectivity index (χ3n) is 2.40. The van der Waals surface area contributed by atoms with E-state index in [-0.39, 0.29) is 11.0 Å². The molecule has 0 spiro atoms. The van der Waals surface area contributed by atoms with E-state index in [1.165, 1.54) is 6.20 Å². The molecule has 0 radical (unpaired) electrons. The summed E-state index contributed by atoms with van der Waals surface area (Å²) >= 11 is 0. The number of aromatic amines is 1. The number of fused-ring (bicyclic) bond motifs is 1. The molecule has 2 aromatic rings. The van der Waals surface area contributed by atoms with E-state index in [0.29, 0.717) is 23.3 Å². The molecule has 0 atom stereocenters. The lowest BCUT2D eigenvalue weighted by molar-refractivity contribution is 0.676. The largest absolute Gasteiger partial charge is 0.342 e. The number of aryl methyl sites for hydroxylation is 2. The maximum atomic E-state index is 11.8. The van der Waals surface area contributed by atoms with Gasteiger partial charge in [0.2, 0.25) is 5.43 Å². The molecule has 1 N–H and O–H groups in total. The Morgan fingerprint density at radius 2 is 2.40 bits per heavy atom. The predicted octanol–water partition coefficient (Wildman–Crippen LogP) is 0.925. The predicted molar refractivity (Wildman–Crippen MR) is 55.5 cm³/mol. The van der Waals surface area contributed by atoms with Gasteiger partial charge in [-0.2, -0.15) is 10.4 Å². The lowest BCUT2D eigenvalue weighted by Gasteiger charge is -2.01. The SMILES string of the molecule is CCn1ncc2c(=O)c(C#N)c(C)[nH]c21. The van der Waals surface area contributed by atoms with Gasteiger partial charge >= 0.3 is 0 Å². The van der Waals surface area contributed by atoms with E-state index < -0.39 is 0 Å². The van der Waals surface area contributed by atoms with E-state index in [9.17, 15) is 4.79 Å². The van der Waals surface area contributed by atoms with Gasteiger partial charge in [-0.1, -0.05) is 0 Å². The number of nitrogens with one attached hydrogen (secondary N) is 1. The molecule has 0 aliphatic heterocycles. The third kappa shape index (κ3) is 1.22. The van der Waals surface area contributed by atoms with Crippen molar-refractivity contribution in [1.82, 2.24) is 14.8 Å². The molecule has 0 unspecified atom stereocenters. The van der Waals surface area contributed by atoms with Crippen molar-refractivity contribution >= 4 is 11.0 Å². The Hall–Kier alpha value is -2.09.